The number of aromatic nitrogens is 4. The molecule has 0 bridgehead atoms. The number of nitrogens with zero attached hydrogens (tertiary/aromatic N) is 7. The Morgan fingerprint density at radius 1 is 0.862 bits per heavy atom. The highest BCUT2D eigenvalue weighted by atomic mass is 16.6. The maximum Gasteiger partial charge on any atom is 0.313 e. The van der Waals surface area contributed by atoms with Crippen molar-refractivity contribution in [2.24, 2.45) is 0 Å². The van der Waals surface area contributed by atoms with E-state index in [0.29, 0.717) is 17.8 Å². The van der Waals surface area contributed by atoms with Crippen molar-refractivity contribution >= 4 is 29.4 Å². The molecular formula is C18H25N9O2. The van der Waals surface area contributed by atoms with Gasteiger partial charge in [-0.05, 0) is 44.6 Å². The van der Waals surface area contributed by atoms with E-state index in [0.717, 1.165) is 51.9 Å². The second-order valence-electron chi connectivity index (χ2n) is 7.23. The van der Waals surface area contributed by atoms with E-state index in [1.807, 2.05) is 0 Å². The van der Waals surface area contributed by atoms with Crippen molar-refractivity contribution in [1.29, 1.82) is 0 Å². The van der Waals surface area contributed by atoms with Gasteiger partial charge in [0.25, 0.3) is 0 Å². The first-order chi connectivity index (χ1) is 14.2. The lowest BCUT2D eigenvalue weighted by molar-refractivity contribution is -0.384. The Morgan fingerprint density at radius 2 is 1.45 bits per heavy atom. The van der Waals surface area contributed by atoms with Gasteiger partial charge >= 0.3 is 5.69 Å². The second-order valence-corrected chi connectivity index (χ2v) is 7.23. The lowest BCUT2D eigenvalue weighted by Gasteiger charge is -2.30. The van der Waals surface area contributed by atoms with Crippen molar-refractivity contribution in [3.05, 3.63) is 28.4 Å². The highest BCUT2D eigenvalue weighted by Gasteiger charge is 2.21. The van der Waals surface area contributed by atoms with Gasteiger partial charge < -0.3 is 9.80 Å². The summed E-state index contributed by atoms with van der Waals surface area (Å²) in [6, 6.07) is 2.91. The van der Waals surface area contributed by atoms with Gasteiger partial charge in [-0.3, -0.25) is 21.0 Å². The molecular weight excluding hydrogens is 374 g/mol. The third-order valence-corrected chi connectivity index (χ3v) is 5.17. The van der Waals surface area contributed by atoms with Crippen LogP contribution in [0.1, 0.15) is 38.5 Å². The van der Waals surface area contributed by atoms with Gasteiger partial charge in [0, 0.05) is 38.4 Å². The van der Waals surface area contributed by atoms with Gasteiger partial charge in [-0.1, -0.05) is 0 Å². The Kier molecular flexibility index (Phi) is 5.82. The van der Waals surface area contributed by atoms with Crippen LogP contribution in [0, 0.1) is 10.1 Å². The SMILES string of the molecule is O=[N+]([O-])c1cccnc1NNc1nc(N2CCCCC2)nc(N2CCCCC2)n1. The summed E-state index contributed by atoms with van der Waals surface area (Å²) in [5.74, 6) is 1.71. The molecule has 2 saturated heterocycles. The second kappa shape index (κ2) is 8.84. The number of pyridine rings is 1. The van der Waals surface area contributed by atoms with Crippen LogP contribution in [-0.4, -0.2) is 51.0 Å². The van der Waals surface area contributed by atoms with Gasteiger partial charge in [-0.15, -0.1) is 0 Å². The quantitative estimate of drug-likeness (QED) is 0.553. The molecule has 29 heavy (non-hydrogen) atoms. The molecule has 2 aromatic rings. The zero-order chi connectivity index (χ0) is 20.1. The summed E-state index contributed by atoms with van der Waals surface area (Å²) in [5, 5.41) is 11.2. The molecule has 2 N–H and O–H groups in total. The van der Waals surface area contributed by atoms with Crippen molar-refractivity contribution in [3.8, 4) is 0 Å². The van der Waals surface area contributed by atoms with E-state index < -0.39 is 4.92 Å². The van der Waals surface area contributed by atoms with E-state index in [9.17, 15) is 10.1 Å². The summed E-state index contributed by atoms with van der Waals surface area (Å²) in [6.07, 6.45) is 8.39. The fourth-order valence-electron chi connectivity index (χ4n) is 3.64. The number of hydrogen-bond donors (Lipinski definition) is 2. The smallest absolute Gasteiger partial charge is 0.313 e. The largest absolute Gasteiger partial charge is 0.341 e. The van der Waals surface area contributed by atoms with Crippen molar-refractivity contribution in [1.82, 2.24) is 19.9 Å². The fraction of sp³-hybridized carbons (Fsp3) is 0.556. The van der Waals surface area contributed by atoms with Gasteiger partial charge in [-0.25, -0.2) is 4.98 Å². The minimum Gasteiger partial charge on any atom is -0.341 e. The van der Waals surface area contributed by atoms with Crippen LogP contribution in [0.25, 0.3) is 0 Å². The van der Waals surface area contributed by atoms with Gasteiger partial charge in [0.2, 0.25) is 23.7 Å². The maximum atomic E-state index is 11.2. The number of rotatable bonds is 6. The standard InChI is InChI=1S/C18H25N9O2/c28-27(29)14-8-7-9-19-15(14)23-24-16-20-17(25-10-3-1-4-11-25)22-18(21-16)26-12-5-2-6-13-26/h7-9H,1-6,10-13H2,(H,19,23)(H,20,21,22,24). The zero-order valence-corrected chi connectivity index (χ0v) is 16.3. The summed E-state index contributed by atoms with van der Waals surface area (Å²) < 4.78 is 0. The number of nitro groups is 1. The molecule has 0 saturated carbocycles. The molecule has 0 spiro atoms. The molecule has 0 amide bonds. The van der Waals surface area contributed by atoms with Crippen LogP contribution in [0.3, 0.4) is 0 Å². The molecule has 2 aliphatic rings. The number of piperidine rings is 2. The van der Waals surface area contributed by atoms with Gasteiger partial charge in [0.05, 0.1) is 4.92 Å². The minimum absolute atomic E-state index is 0.108. The number of nitrogens with one attached hydrogen (secondary N) is 2. The molecule has 0 radical (unpaired) electrons. The summed E-state index contributed by atoms with van der Waals surface area (Å²) in [4.78, 5) is 32.9. The van der Waals surface area contributed by atoms with Crippen LogP contribution in [-0.2, 0) is 0 Å². The zero-order valence-electron chi connectivity index (χ0n) is 16.3. The van der Waals surface area contributed by atoms with Crippen molar-refractivity contribution < 1.29 is 4.92 Å². The summed E-state index contributed by atoms with van der Waals surface area (Å²) >= 11 is 0. The van der Waals surface area contributed by atoms with E-state index in [1.54, 1.807) is 0 Å². The first kappa shape index (κ1) is 19.1. The third-order valence-electron chi connectivity index (χ3n) is 5.17. The molecule has 2 aromatic heterocycles. The first-order valence-corrected chi connectivity index (χ1v) is 10.1. The van der Waals surface area contributed by atoms with E-state index in [-0.39, 0.29) is 11.5 Å². The normalized spacial score (nSPS) is 17.1. The summed E-state index contributed by atoms with van der Waals surface area (Å²) in [5.41, 5.74) is 5.54. The summed E-state index contributed by atoms with van der Waals surface area (Å²) in [6.45, 7) is 3.67. The molecule has 0 aliphatic carbocycles. The number of hydrogen-bond acceptors (Lipinski definition) is 10. The highest BCUT2D eigenvalue weighted by Crippen LogP contribution is 2.24. The Hall–Kier alpha value is -3.24. The molecule has 0 unspecified atom stereocenters. The first-order valence-electron chi connectivity index (χ1n) is 10.1. The van der Waals surface area contributed by atoms with Gasteiger partial charge in [0.1, 0.15) is 0 Å². The number of anilines is 4. The third kappa shape index (κ3) is 4.61. The average molecular weight is 399 g/mol. The van der Waals surface area contributed by atoms with E-state index in [2.05, 4.69) is 35.6 Å². The molecule has 4 rings (SSSR count). The average Bonchev–Trinajstić information content (AvgIpc) is 2.79. The fourth-order valence-corrected chi connectivity index (χ4v) is 3.64. The predicted octanol–water partition coefficient (Wildman–Crippen LogP) is 2.59. The minimum atomic E-state index is -0.483. The molecule has 4 heterocycles. The lowest BCUT2D eigenvalue weighted by atomic mass is 10.1. The van der Waals surface area contributed by atoms with E-state index in [1.165, 1.54) is 31.2 Å². The van der Waals surface area contributed by atoms with Crippen LogP contribution in [0.15, 0.2) is 18.3 Å². The molecule has 2 aliphatic heterocycles. The molecule has 0 aromatic carbocycles. The van der Waals surface area contributed by atoms with Crippen LogP contribution >= 0.6 is 0 Å². The Morgan fingerprint density at radius 3 is 2.00 bits per heavy atom. The van der Waals surface area contributed by atoms with Gasteiger partial charge in [0.15, 0.2) is 0 Å². The van der Waals surface area contributed by atoms with E-state index >= 15 is 0 Å². The lowest BCUT2D eigenvalue weighted by Crippen LogP contribution is -2.34. The molecule has 11 nitrogen and oxygen atoms in total. The number of hydrazine groups is 1. The topological polar surface area (TPSA) is 125 Å². The highest BCUT2D eigenvalue weighted by molar-refractivity contribution is 5.58. The molecule has 2 fully saturated rings. The van der Waals surface area contributed by atoms with Crippen LogP contribution in [0.4, 0.5) is 29.4 Å². The summed E-state index contributed by atoms with van der Waals surface area (Å²) in [7, 11) is 0. The molecule has 0 atom stereocenters. The predicted molar refractivity (Wildman–Crippen MR) is 110 cm³/mol. The Bertz CT molecular complexity index is 815. The Balaban J connectivity index is 1.58. The van der Waals surface area contributed by atoms with Crippen molar-refractivity contribution in [3.63, 3.8) is 0 Å². The van der Waals surface area contributed by atoms with Crippen LogP contribution in [0.5, 0.6) is 0 Å². The molecule has 11 heteroatoms. The van der Waals surface area contributed by atoms with Crippen molar-refractivity contribution in [2.75, 3.05) is 46.8 Å². The van der Waals surface area contributed by atoms with Crippen LogP contribution in [0.2, 0.25) is 0 Å². The van der Waals surface area contributed by atoms with Gasteiger partial charge in [-0.2, -0.15) is 15.0 Å². The molecule has 154 valence electrons. The maximum absolute atomic E-state index is 11.2. The Labute approximate surface area is 168 Å². The monoisotopic (exact) mass is 399 g/mol. The van der Waals surface area contributed by atoms with E-state index in [4.69, 9.17) is 4.98 Å². The van der Waals surface area contributed by atoms with Crippen LogP contribution < -0.4 is 20.7 Å². The van der Waals surface area contributed by atoms with Crippen molar-refractivity contribution in [2.45, 2.75) is 38.5 Å².